The quantitative estimate of drug-likeness (QED) is 0.550. The molecule has 2 aromatic carbocycles. The van der Waals surface area contributed by atoms with Crippen LogP contribution in [0.25, 0.3) is 0 Å². The van der Waals surface area contributed by atoms with Gasteiger partial charge in [0.15, 0.2) is 5.11 Å². The summed E-state index contributed by atoms with van der Waals surface area (Å²) in [4.78, 5) is 0. The smallest absolute Gasteiger partial charge is 0.175 e. The zero-order chi connectivity index (χ0) is 18.7. The van der Waals surface area contributed by atoms with Crippen LogP contribution in [-0.2, 0) is 6.54 Å². The summed E-state index contributed by atoms with van der Waals surface area (Å²) in [5.74, 6) is 0. The van der Waals surface area contributed by atoms with Crippen LogP contribution in [0.5, 0.6) is 0 Å². The number of hydrogen-bond acceptors (Lipinski definition) is 2. The van der Waals surface area contributed by atoms with Crippen LogP contribution in [0.4, 0.5) is 11.4 Å². The van der Waals surface area contributed by atoms with E-state index in [0.717, 1.165) is 22.8 Å². The lowest BCUT2D eigenvalue weighted by Gasteiger charge is -2.12. The minimum atomic E-state index is 0.467. The summed E-state index contributed by atoms with van der Waals surface area (Å²) in [6, 6.07) is 15.5. The molecule has 0 saturated heterocycles. The van der Waals surface area contributed by atoms with Crippen molar-refractivity contribution in [3.05, 3.63) is 75.5 Å². The molecule has 4 nitrogen and oxygen atoms in total. The van der Waals surface area contributed by atoms with Gasteiger partial charge in [-0.25, -0.2) is 0 Å². The number of hydrogen-bond donors (Lipinski definition) is 2. The molecule has 0 spiro atoms. The Morgan fingerprint density at radius 3 is 2.46 bits per heavy atom. The normalized spacial score (nSPS) is 10.6. The molecule has 0 fully saturated rings. The number of rotatable bonds is 4. The van der Waals surface area contributed by atoms with Gasteiger partial charge >= 0.3 is 0 Å². The number of aryl methyl sites for hydroxylation is 1. The first-order chi connectivity index (χ1) is 12.4. The van der Waals surface area contributed by atoms with Gasteiger partial charge in [0, 0.05) is 5.69 Å². The van der Waals surface area contributed by atoms with Gasteiger partial charge in [0.2, 0.25) is 0 Å². The Balaban J connectivity index is 1.73. The zero-order valence-electron chi connectivity index (χ0n) is 14.4. The minimum Gasteiger partial charge on any atom is -0.332 e. The molecule has 1 heterocycles. The molecule has 0 radical (unpaired) electrons. The van der Waals surface area contributed by atoms with Crippen LogP contribution in [0.1, 0.15) is 17.0 Å². The predicted molar refractivity (Wildman–Crippen MR) is 114 cm³/mol. The van der Waals surface area contributed by atoms with Gasteiger partial charge < -0.3 is 10.6 Å². The Bertz CT molecular complexity index is 938. The van der Waals surface area contributed by atoms with Crippen LogP contribution in [0.3, 0.4) is 0 Å². The molecule has 7 heteroatoms. The topological polar surface area (TPSA) is 41.9 Å². The highest BCUT2D eigenvalue weighted by molar-refractivity contribution is 7.80. The number of nitrogens with zero attached hydrogens (tertiary/aromatic N) is 2. The third-order valence-corrected chi connectivity index (χ3v) is 4.92. The summed E-state index contributed by atoms with van der Waals surface area (Å²) in [5.41, 5.74) is 4.77. The van der Waals surface area contributed by atoms with Crippen LogP contribution in [0.2, 0.25) is 10.0 Å². The highest BCUT2D eigenvalue weighted by Crippen LogP contribution is 2.25. The summed E-state index contributed by atoms with van der Waals surface area (Å²) in [7, 11) is 0. The summed E-state index contributed by atoms with van der Waals surface area (Å²) in [6.45, 7) is 4.69. The van der Waals surface area contributed by atoms with Crippen LogP contribution in [0.15, 0.2) is 48.5 Å². The summed E-state index contributed by atoms with van der Waals surface area (Å²) >= 11 is 17.4. The van der Waals surface area contributed by atoms with E-state index in [1.54, 1.807) is 12.1 Å². The van der Waals surface area contributed by atoms with Crippen molar-refractivity contribution in [2.75, 3.05) is 10.6 Å². The molecular weight excluding hydrogens is 387 g/mol. The first kappa shape index (κ1) is 18.7. The third kappa shape index (κ3) is 4.36. The molecule has 0 amide bonds. The molecule has 134 valence electrons. The molecule has 0 unspecified atom stereocenters. The molecule has 1 aromatic heterocycles. The number of halogens is 2. The lowest BCUT2D eigenvalue weighted by atomic mass is 10.2. The maximum absolute atomic E-state index is 6.04. The maximum atomic E-state index is 6.04. The zero-order valence-corrected chi connectivity index (χ0v) is 16.7. The highest BCUT2D eigenvalue weighted by Gasteiger charge is 2.13. The molecule has 0 saturated carbocycles. The Morgan fingerprint density at radius 2 is 1.77 bits per heavy atom. The van der Waals surface area contributed by atoms with E-state index in [1.165, 1.54) is 5.56 Å². The Morgan fingerprint density at radius 1 is 1.04 bits per heavy atom. The molecule has 3 rings (SSSR count). The molecule has 0 aliphatic heterocycles. The van der Waals surface area contributed by atoms with Gasteiger partial charge in [0.25, 0.3) is 0 Å². The van der Waals surface area contributed by atoms with E-state index >= 15 is 0 Å². The third-order valence-electron chi connectivity index (χ3n) is 3.97. The van der Waals surface area contributed by atoms with Crippen molar-refractivity contribution < 1.29 is 0 Å². The van der Waals surface area contributed by atoms with Gasteiger partial charge in [-0.1, -0.05) is 53.5 Å². The number of nitrogens with one attached hydrogen (secondary N) is 2. The number of benzene rings is 2. The lowest BCUT2D eigenvalue weighted by Crippen LogP contribution is -2.20. The molecule has 2 N–H and O–H groups in total. The average molecular weight is 405 g/mol. The molecule has 0 bridgehead atoms. The highest BCUT2D eigenvalue weighted by atomic mass is 35.5. The first-order valence-electron chi connectivity index (χ1n) is 8.05. The lowest BCUT2D eigenvalue weighted by molar-refractivity contribution is 0.659. The van der Waals surface area contributed by atoms with E-state index in [-0.39, 0.29) is 0 Å². The van der Waals surface area contributed by atoms with Gasteiger partial charge in [-0.3, -0.25) is 4.68 Å². The van der Waals surface area contributed by atoms with Crippen molar-refractivity contribution >= 4 is 51.9 Å². The average Bonchev–Trinajstić information content (AvgIpc) is 2.86. The van der Waals surface area contributed by atoms with Gasteiger partial charge in [-0.05, 0) is 49.8 Å². The van der Waals surface area contributed by atoms with Gasteiger partial charge in [-0.15, -0.1) is 0 Å². The number of thiocarbonyl (C=S) groups is 1. The summed E-state index contributed by atoms with van der Waals surface area (Å²) in [6.07, 6.45) is 0. The summed E-state index contributed by atoms with van der Waals surface area (Å²) < 4.78 is 1.97. The second-order valence-corrected chi connectivity index (χ2v) is 7.12. The molecule has 0 aliphatic rings. The van der Waals surface area contributed by atoms with Gasteiger partial charge in [0.1, 0.15) is 0 Å². The fourth-order valence-electron chi connectivity index (χ4n) is 2.64. The second-order valence-electron chi connectivity index (χ2n) is 5.90. The van der Waals surface area contributed by atoms with Crippen molar-refractivity contribution in [2.24, 2.45) is 0 Å². The molecule has 0 aliphatic carbocycles. The van der Waals surface area contributed by atoms with Gasteiger partial charge in [-0.2, -0.15) is 5.10 Å². The van der Waals surface area contributed by atoms with Crippen molar-refractivity contribution in [2.45, 2.75) is 20.4 Å². The molecular formula is C19H18Cl2N4S. The van der Waals surface area contributed by atoms with Gasteiger partial charge in [0.05, 0.1) is 33.7 Å². The van der Waals surface area contributed by atoms with Crippen LogP contribution in [-0.4, -0.2) is 14.9 Å². The van der Waals surface area contributed by atoms with Crippen molar-refractivity contribution in [3.8, 4) is 0 Å². The van der Waals surface area contributed by atoms with Crippen molar-refractivity contribution in [1.82, 2.24) is 9.78 Å². The fourth-order valence-corrected chi connectivity index (χ4v) is 3.16. The maximum Gasteiger partial charge on any atom is 0.175 e. The largest absolute Gasteiger partial charge is 0.332 e. The predicted octanol–water partition coefficient (Wildman–Crippen LogP) is 5.66. The van der Waals surface area contributed by atoms with E-state index in [0.29, 0.717) is 21.7 Å². The van der Waals surface area contributed by atoms with E-state index in [4.69, 9.17) is 35.4 Å². The molecule has 3 aromatic rings. The first-order valence-corrected chi connectivity index (χ1v) is 9.21. The molecule has 0 atom stereocenters. The fraction of sp³-hybridized carbons (Fsp3) is 0.158. The monoisotopic (exact) mass is 404 g/mol. The number of anilines is 2. The van der Waals surface area contributed by atoms with E-state index in [1.807, 2.05) is 42.8 Å². The van der Waals surface area contributed by atoms with E-state index in [2.05, 4.69) is 27.9 Å². The molecule has 26 heavy (non-hydrogen) atoms. The van der Waals surface area contributed by atoms with Crippen LogP contribution >= 0.6 is 35.4 Å². The van der Waals surface area contributed by atoms with Crippen molar-refractivity contribution in [1.29, 1.82) is 0 Å². The number of aromatic nitrogens is 2. The van der Waals surface area contributed by atoms with Crippen molar-refractivity contribution in [3.63, 3.8) is 0 Å². The van der Waals surface area contributed by atoms with Crippen LogP contribution in [0, 0.1) is 13.8 Å². The Labute approximate surface area is 168 Å². The Kier molecular flexibility index (Phi) is 5.81. The van der Waals surface area contributed by atoms with E-state index in [9.17, 15) is 0 Å². The second kappa shape index (κ2) is 8.08. The minimum absolute atomic E-state index is 0.467. The standard InChI is InChI=1S/C19H18Cl2N4S/c1-12-18(13(2)25(24-12)11-14-6-4-3-5-7-14)23-19(26)22-15-8-9-16(20)17(21)10-15/h3-10H,11H2,1-2H3,(H2,22,23,26). The van der Waals surface area contributed by atoms with Crippen LogP contribution < -0.4 is 10.6 Å². The SMILES string of the molecule is Cc1nn(Cc2ccccc2)c(C)c1NC(=S)Nc1ccc(Cl)c(Cl)c1. The summed E-state index contributed by atoms with van der Waals surface area (Å²) in [5, 5.41) is 12.4. The van der Waals surface area contributed by atoms with E-state index < -0.39 is 0 Å². The Hall–Kier alpha value is -2.08.